The number of carbonyl (C=O) groups excluding carboxylic acids is 1. The monoisotopic (exact) mass is 312 g/mol. The van der Waals surface area contributed by atoms with Gasteiger partial charge in [0.2, 0.25) is 11.8 Å². The number of fused-ring (bicyclic) bond motifs is 2. The van der Waals surface area contributed by atoms with Crippen LogP contribution in [0.25, 0.3) is 10.8 Å². The van der Waals surface area contributed by atoms with Gasteiger partial charge in [0.1, 0.15) is 12.4 Å². The minimum absolute atomic E-state index is 0.0973. The summed E-state index contributed by atoms with van der Waals surface area (Å²) in [6, 6.07) is 7.89. The third-order valence-corrected chi connectivity index (χ3v) is 5.13. The number of amides is 1. The lowest BCUT2D eigenvalue weighted by molar-refractivity contribution is -0.121. The van der Waals surface area contributed by atoms with E-state index in [0.717, 1.165) is 22.9 Å². The van der Waals surface area contributed by atoms with Crippen LogP contribution >= 0.6 is 0 Å². The molecule has 1 aliphatic heterocycles. The lowest BCUT2D eigenvalue weighted by Gasteiger charge is -2.16. The zero-order chi connectivity index (χ0) is 16.0. The van der Waals surface area contributed by atoms with Gasteiger partial charge >= 0.3 is 0 Å². The van der Waals surface area contributed by atoms with Crippen LogP contribution in [-0.4, -0.2) is 30.6 Å². The standard InChI is InChI=1S/C18H20N2O3/c1-3-12-15-14(20-17(21)16(12)15)9-23-18-13-8-11(22-2)5-4-10(13)6-7-19-18/h4-8,12,14-16H,3,9H2,1-2H3,(H,20,21)/t12?,14-,15-,16-/m1/s1. The van der Waals surface area contributed by atoms with Crippen molar-refractivity contribution in [2.24, 2.45) is 17.8 Å². The molecule has 120 valence electrons. The summed E-state index contributed by atoms with van der Waals surface area (Å²) in [4.78, 5) is 16.3. The molecule has 4 rings (SSSR count). The average Bonchev–Trinajstić information content (AvgIpc) is 3.23. The summed E-state index contributed by atoms with van der Waals surface area (Å²) in [6.07, 6.45) is 2.80. The van der Waals surface area contributed by atoms with Crippen molar-refractivity contribution in [2.75, 3.05) is 13.7 Å². The molecule has 0 spiro atoms. The zero-order valence-electron chi connectivity index (χ0n) is 13.3. The third kappa shape index (κ3) is 2.31. The van der Waals surface area contributed by atoms with Crippen LogP contribution in [0, 0.1) is 17.8 Å². The van der Waals surface area contributed by atoms with E-state index in [1.165, 1.54) is 0 Å². The molecule has 2 heterocycles. The number of ether oxygens (including phenoxy) is 2. The number of methoxy groups -OCH3 is 1. The normalized spacial score (nSPS) is 28.3. The lowest BCUT2D eigenvalue weighted by atomic mass is 10.1. The minimum atomic E-state index is 0.0973. The van der Waals surface area contributed by atoms with Crippen LogP contribution < -0.4 is 14.8 Å². The molecule has 1 aromatic heterocycles. The van der Waals surface area contributed by atoms with Crippen LogP contribution in [0.2, 0.25) is 0 Å². The van der Waals surface area contributed by atoms with Gasteiger partial charge < -0.3 is 14.8 Å². The molecule has 4 atom stereocenters. The van der Waals surface area contributed by atoms with Gasteiger partial charge in [0.25, 0.3) is 0 Å². The van der Waals surface area contributed by atoms with Crippen LogP contribution in [0.15, 0.2) is 30.5 Å². The minimum Gasteiger partial charge on any atom is -0.497 e. The molecular formula is C18H20N2O3. The van der Waals surface area contributed by atoms with Crippen molar-refractivity contribution in [1.29, 1.82) is 0 Å². The van der Waals surface area contributed by atoms with Crippen molar-refractivity contribution in [3.8, 4) is 11.6 Å². The number of benzene rings is 1. The topological polar surface area (TPSA) is 60.5 Å². The van der Waals surface area contributed by atoms with Crippen LogP contribution in [0.4, 0.5) is 0 Å². The molecule has 2 aliphatic rings. The predicted molar refractivity (Wildman–Crippen MR) is 86.5 cm³/mol. The Bertz CT molecular complexity index is 761. The Balaban J connectivity index is 1.53. The summed E-state index contributed by atoms with van der Waals surface area (Å²) in [6.45, 7) is 2.61. The van der Waals surface area contributed by atoms with E-state index in [9.17, 15) is 4.79 Å². The number of pyridine rings is 1. The first-order valence-corrected chi connectivity index (χ1v) is 8.09. The second kappa shape index (κ2) is 5.41. The fraction of sp³-hybridized carbons (Fsp3) is 0.444. The summed E-state index contributed by atoms with van der Waals surface area (Å²) in [5.41, 5.74) is 0. The molecule has 1 amide bonds. The zero-order valence-corrected chi connectivity index (χ0v) is 13.3. The van der Waals surface area contributed by atoms with E-state index in [-0.39, 0.29) is 17.9 Å². The van der Waals surface area contributed by atoms with E-state index < -0.39 is 0 Å². The molecule has 1 saturated heterocycles. The molecule has 1 N–H and O–H groups in total. The number of rotatable bonds is 5. The first-order chi connectivity index (χ1) is 11.2. The molecule has 5 nitrogen and oxygen atoms in total. The Hall–Kier alpha value is -2.30. The fourth-order valence-electron chi connectivity index (χ4n) is 3.90. The van der Waals surface area contributed by atoms with Gasteiger partial charge in [-0.2, -0.15) is 0 Å². The van der Waals surface area contributed by atoms with Gasteiger partial charge in [0.15, 0.2) is 0 Å². The largest absolute Gasteiger partial charge is 0.497 e. The molecule has 5 heteroatoms. The van der Waals surface area contributed by atoms with E-state index in [0.29, 0.717) is 24.3 Å². The summed E-state index contributed by atoms with van der Waals surface area (Å²) in [5.74, 6) is 2.71. The van der Waals surface area contributed by atoms with Gasteiger partial charge in [0.05, 0.1) is 13.2 Å². The number of carbonyl (C=O) groups is 1. The highest BCUT2D eigenvalue weighted by Crippen LogP contribution is 2.54. The third-order valence-electron chi connectivity index (χ3n) is 5.13. The van der Waals surface area contributed by atoms with Crippen molar-refractivity contribution in [2.45, 2.75) is 19.4 Å². The second-order valence-electron chi connectivity index (χ2n) is 6.30. The number of nitrogens with one attached hydrogen (secondary N) is 1. The summed E-state index contributed by atoms with van der Waals surface area (Å²) < 4.78 is 11.2. The lowest BCUT2D eigenvalue weighted by Crippen LogP contribution is -2.37. The van der Waals surface area contributed by atoms with E-state index in [4.69, 9.17) is 9.47 Å². The molecular weight excluding hydrogens is 292 g/mol. The maximum absolute atomic E-state index is 11.9. The fourth-order valence-corrected chi connectivity index (χ4v) is 3.90. The number of hydrogen-bond acceptors (Lipinski definition) is 4. The molecule has 0 radical (unpaired) electrons. The number of aromatic nitrogens is 1. The predicted octanol–water partition coefficient (Wildman–Crippen LogP) is 2.39. The van der Waals surface area contributed by atoms with E-state index in [1.807, 2.05) is 24.3 Å². The van der Waals surface area contributed by atoms with Gasteiger partial charge in [-0.15, -0.1) is 0 Å². The smallest absolute Gasteiger partial charge is 0.224 e. The molecule has 2 aromatic rings. The molecule has 1 aromatic carbocycles. The maximum Gasteiger partial charge on any atom is 0.224 e. The maximum atomic E-state index is 11.9. The SMILES string of the molecule is CCC1[C@H]2[C@@H]1C(=O)N[C@@H]2COc1nccc2ccc(OC)cc12. The Morgan fingerprint density at radius 3 is 2.91 bits per heavy atom. The van der Waals surface area contributed by atoms with Crippen molar-refractivity contribution in [1.82, 2.24) is 10.3 Å². The van der Waals surface area contributed by atoms with Crippen molar-refractivity contribution in [3.05, 3.63) is 30.5 Å². The van der Waals surface area contributed by atoms with Crippen molar-refractivity contribution < 1.29 is 14.3 Å². The van der Waals surface area contributed by atoms with Gasteiger partial charge in [-0.3, -0.25) is 4.79 Å². The number of nitrogens with zero attached hydrogens (tertiary/aromatic N) is 1. The van der Waals surface area contributed by atoms with Crippen molar-refractivity contribution >= 4 is 16.7 Å². The van der Waals surface area contributed by atoms with Gasteiger partial charge in [-0.1, -0.05) is 19.4 Å². The molecule has 23 heavy (non-hydrogen) atoms. The molecule has 2 fully saturated rings. The highest BCUT2D eigenvalue weighted by Gasteiger charge is 2.62. The van der Waals surface area contributed by atoms with Crippen molar-refractivity contribution in [3.63, 3.8) is 0 Å². The van der Waals surface area contributed by atoms with E-state index in [1.54, 1.807) is 13.3 Å². The van der Waals surface area contributed by atoms with Crippen LogP contribution in [0.3, 0.4) is 0 Å². The second-order valence-corrected chi connectivity index (χ2v) is 6.30. The number of hydrogen-bond donors (Lipinski definition) is 1. The highest BCUT2D eigenvalue weighted by atomic mass is 16.5. The molecule has 0 bridgehead atoms. The summed E-state index contributed by atoms with van der Waals surface area (Å²) in [5, 5.41) is 5.03. The van der Waals surface area contributed by atoms with Crippen LogP contribution in [0.5, 0.6) is 11.6 Å². The number of piperidine rings is 1. The van der Waals surface area contributed by atoms with Crippen LogP contribution in [0.1, 0.15) is 13.3 Å². The summed E-state index contributed by atoms with van der Waals surface area (Å²) >= 11 is 0. The Morgan fingerprint density at radius 2 is 2.17 bits per heavy atom. The average molecular weight is 312 g/mol. The van der Waals surface area contributed by atoms with Gasteiger partial charge in [0, 0.05) is 17.5 Å². The highest BCUT2D eigenvalue weighted by molar-refractivity contribution is 5.88. The Kier molecular flexibility index (Phi) is 3.36. The molecule has 1 aliphatic carbocycles. The molecule has 1 saturated carbocycles. The van der Waals surface area contributed by atoms with Gasteiger partial charge in [-0.05, 0) is 35.4 Å². The summed E-state index contributed by atoms with van der Waals surface area (Å²) in [7, 11) is 1.64. The first-order valence-electron chi connectivity index (χ1n) is 8.09. The van der Waals surface area contributed by atoms with E-state index in [2.05, 4.69) is 17.2 Å². The van der Waals surface area contributed by atoms with E-state index >= 15 is 0 Å². The van der Waals surface area contributed by atoms with Crippen LogP contribution in [-0.2, 0) is 4.79 Å². The quantitative estimate of drug-likeness (QED) is 0.921. The van der Waals surface area contributed by atoms with Gasteiger partial charge in [-0.25, -0.2) is 4.98 Å². The molecule has 1 unspecified atom stereocenters. The Labute approximate surface area is 135 Å². The first kappa shape index (κ1) is 14.3. The Morgan fingerprint density at radius 1 is 1.30 bits per heavy atom.